The smallest absolute Gasteiger partial charge is 0.164 e. The lowest BCUT2D eigenvalue weighted by atomic mass is 10.0. The predicted molar refractivity (Wildman–Crippen MR) is 86.6 cm³/mol. The van der Waals surface area contributed by atoms with Crippen molar-refractivity contribution >= 4 is 33.2 Å². The topological polar surface area (TPSA) is 21.3 Å². The zero-order valence-electron chi connectivity index (χ0n) is 11.2. The van der Waals surface area contributed by atoms with Gasteiger partial charge in [-0.15, -0.1) is 0 Å². The van der Waals surface area contributed by atoms with Crippen LogP contribution in [0.15, 0.2) is 40.9 Å². The maximum absolute atomic E-state index is 14.1. The van der Waals surface area contributed by atoms with Crippen LogP contribution in [0.3, 0.4) is 0 Å². The molecule has 110 valence electrons. The van der Waals surface area contributed by atoms with Crippen LogP contribution < -0.4 is 10.1 Å². The van der Waals surface area contributed by atoms with Crippen molar-refractivity contribution in [2.45, 2.75) is 18.9 Å². The standard InChI is InChI=1S/C16H14BrClFNO/c17-10-6-7-11-13(5-2-8-21-15(11)9-10)20-14-4-1-3-12(18)16(14)19/h1,3-4,6-7,9,13,20H,2,5,8H2. The van der Waals surface area contributed by atoms with E-state index < -0.39 is 5.82 Å². The number of ether oxygens (including phenoxy) is 1. The maximum Gasteiger partial charge on any atom is 0.164 e. The fourth-order valence-electron chi connectivity index (χ4n) is 2.50. The summed E-state index contributed by atoms with van der Waals surface area (Å²) in [6.45, 7) is 0.666. The second-order valence-electron chi connectivity index (χ2n) is 4.97. The number of nitrogens with one attached hydrogen (secondary N) is 1. The molecule has 21 heavy (non-hydrogen) atoms. The normalized spacial score (nSPS) is 17.6. The zero-order chi connectivity index (χ0) is 14.8. The molecule has 3 rings (SSSR count). The number of hydrogen-bond donors (Lipinski definition) is 1. The van der Waals surface area contributed by atoms with Gasteiger partial charge in [0, 0.05) is 10.0 Å². The largest absolute Gasteiger partial charge is 0.493 e. The molecule has 0 bridgehead atoms. The Kier molecular flexibility index (Phi) is 4.36. The molecule has 1 atom stereocenters. The second kappa shape index (κ2) is 6.24. The van der Waals surface area contributed by atoms with Crippen LogP contribution in [0.5, 0.6) is 5.75 Å². The molecule has 1 aliphatic heterocycles. The SMILES string of the molecule is Fc1c(Cl)cccc1NC1CCCOc2cc(Br)ccc21. The summed E-state index contributed by atoms with van der Waals surface area (Å²) >= 11 is 9.28. The molecule has 2 aromatic carbocycles. The molecule has 2 aromatic rings. The fourth-order valence-corrected chi connectivity index (χ4v) is 3.01. The molecule has 1 aliphatic rings. The summed E-state index contributed by atoms with van der Waals surface area (Å²) in [6.07, 6.45) is 1.78. The molecule has 0 amide bonds. The van der Waals surface area contributed by atoms with Gasteiger partial charge in [-0.2, -0.15) is 0 Å². The molecule has 0 aromatic heterocycles. The Morgan fingerprint density at radius 2 is 2.14 bits per heavy atom. The monoisotopic (exact) mass is 369 g/mol. The van der Waals surface area contributed by atoms with Gasteiger partial charge in [-0.3, -0.25) is 0 Å². The highest BCUT2D eigenvalue weighted by molar-refractivity contribution is 9.10. The number of anilines is 1. The Balaban J connectivity index is 1.94. The Bertz CT molecular complexity index is 665. The molecule has 0 aliphatic carbocycles. The molecular weight excluding hydrogens is 357 g/mol. The van der Waals surface area contributed by atoms with E-state index in [9.17, 15) is 4.39 Å². The van der Waals surface area contributed by atoms with E-state index in [0.717, 1.165) is 28.6 Å². The first-order valence-electron chi connectivity index (χ1n) is 6.78. The second-order valence-corrected chi connectivity index (χ2v) is 6.29. The number of fused-ring (bicyclic) bond motifs is 1. The van der Waals surface area contributed by atoms with Gasteiger partial charge >= 0.3 is 0 Å². The summed E-state index contributed by atoms with van der Waals surface area (Å²) in [4.78, 5) is 0. The minimum Gasteiger partial charge on any atom is -0.493 e. The summed E-state index contributed by atoms with van der Waals surface area (Å²) in [5.41, 5.74) is 1.46. The first-order valence-corrected chi connectivity index (χ1v) is 7.95. The maximum atomic E-state index is 14.1. The minimum absolute atomic E-state index is 0.00330. The van der Waals surface area contributed by atoms with E-state index in [2.05, 4.69) is 21.2 Å². The number of hydrogen-bond acceptors (Lipinski definition) is 2. The van der Waals surface area contributed by atoms with Crippen molar-refractivity contribution in [1.29, 1.82) is 0 Å². The average Bonchev–Trinajstić information content (AvgIpc) is 2.66. The molecule has 0 saturated carbocycles. The third-order valence-corrected chi connectivity index (χ3v) is 4.31. The molecule has 1 heterocycles. The van der Waals surface area contributed by atoms with Gasteiger partial charge in [-0.25, -0.2) is 4.39 Å². The Hall–Kier alpha value is -1.26. The summed E-state index contributed by atoms with van der Waals surface area (Å²) in [5.74, 6) is 0.421. The van der Waals surface area contributed by atoms with Gasteiger partial charge in [0.05, 0.1) is 23.4 Å². The molecular formula is C16H14BrClFNO. The third kappa shape index (κ3) is 3.16. The van der Waals surface area contributed by atoms with E-state index in [1.165, 1.54) is 0 Å². The van der Waals surface area contributed by atoms with E-state index in [1.54, 1.807) is 18.2 Å². The summed E-state index contributed by atoms with van der Waals surface area (Å²) in [5, 5.41) is 3.38. The highest BCUT2D eigenvalue weighted by Gasteiger charge is 2.21. The number of rotatable bonds is 2. The van der Waals surface area contributed by atoms with E-state index >= 15 is 0 Å². The Morgan fingerprint density at radius 3 is 3.00 bits per heavy atom. The molecule has 1 unspecified atom stereocenters. The van der Waals surface area contributed by atoms with Crippen LogP contribution in [-0.4, -0.2) is 6.61 Å². The number of halogens is 3. The zero-order valence-corrected chi connectivity index (χ0v) is 13.5. The molecule has 2 nitrogen and oxygen atoms in total. The predicted octanol–water partition coefficient (Wildman–Crippen LogP) is 5.57. The summed E-state index contributed by atoms with van der Waals surface area (Å²) in [6, 6.07) is 10.9. The van der Waals surface area contributed by atoms with Crippen LogP contribution in [0.2, 0.25) is 5.02 Å². The van der Waals surface area contributed by atoms with Gasteiger partial charge in [0.2, 0.25) is 0 Å². The molecule has 5 heteroatoms. The van der Waals surface area contributed by atoms with Crippen molar-refractivity contribution in [1.82, 2.24) is 0 Å². The highest BCUT2D eigenvalue weighted by Crippen LogP contribution is 2.36. The highest BCUT2D eigenvalue weighted by atomic mass is 79.9. The van der Waals surface area contributed by atoms with Crippen LogP contribution in [-0.2, 0) is 0 Å². The quantitative estimate of drug-likeness (QED) is 0.746. The average molecular weight is 371 g/mol. The number of benzene rings is 2. The van der Waals surface area contributed by atoms with Crippen LogP contribution in [0, 0.1) is 5.82 Å². The lowest BCUT2D eigenvalue weighted by Gasteiger charge is -2.20. The van der Waals surface area contributed by atoms with Crippen molar-refractivity contribution in [3.63, 3.8) is 0 Å². The molecule has 1 N–H and O–H groups in total. The third-order valence-electron chi connectivity index (χ3n) is 3.53. The van der Waals surface area contributed by atoms with E-state index in [4.69, 9.17) is 16.3 Å². The van der Waals surface area contributed by atoms with Gasteiger partial charge in [-0.05, 0) is 37.1 Å². The van der Waals surface area contributed by atoms with Crippen molar-refractivity contribution in [2.24, 2.45) is 0 Å². The Morgan fingerprint density at radius 1 is 1.29 bits per heavy atom. The van der Waals surface area contributed by atoms with Crippen molar-refractivity contribution in [3.8, 4) is 5.75 Å². The molecule has 0 saturated heterocycles. The van der Waals surface area contributed by atoms with Gasteiger partial charge in [0.25, 0.3) is 0 Å². The van der Waals surface area contributed by atoms with Crippen molar-refractivity contribution < 1.29 is 9.13 Å². The fraction of sp³-hybridized carbons (Fsp3) is 0.250. The van der Waals surface area contributed by atoms with Crippen LogP contribution in [0.1, 0.15) is 24.4 Å². The lowest BCUT2D eigenvalue weighted by molar-refractivity contribution is 0.316. The van der Waals surface area contributed by atoms with Crippen molar-refractivity contribution in [3.05, 3.63) is 57.3 Å². The molecule has 0 spiro atoms. The van der Waals surface area contributed by atoms with E-state index in [0.29, 0.717) is 12.3 Å². The van der Waals surface area contributed by atoms with Gasteiger partial charge in [-0.1, -0.05) is 39.7 Å². The minimum atomic E-state index is -0.414. The van der Waals surface area contributed by atoms with Gasteiger partial charge in [0.15, 0.2) is 5.82 Å². The molecule has 0 radical (unpaired) electrons. The first-order chi connectivity index (χ1) is 10.1. The molecule has 0 fully saturated rings. The Labute approximate surface area is 136 Å². The van der Waals surface area contributed by atoms with Crippen LogP contribution in [0.4, 0.5) is 10.1 Å². The van der Waals surface area contributed by atoms with Crippen LogP contribution >= 0.6 is 27.5 Å². The van der Waals surface area contributed by atoms with Gasteiger partial charge in [0.1, 0.15) is 5.75 Å². The summed E-state index contributed by atoms with van der Waals surface area (Å²) < 4.78 is 20.8. The summed E-state index contributed by atoms with van der Waals surface area (Å²) in [7, 11) is 0. The lowest BCUT2D eigenvalue weighted by Crippen LogP contribution is -2.11. The van der Waals surface area contributed by atoms with E-state index in [-0.39, 0.29) is 11.1 Å². The first kappa shape index (κ1) is 14.7. The van der Waals surface area contributed by atoms with Gasteiger partial charge < -0.3 is 10.1 Å². The van der Waals surface area contributed by atoms with E-state index in [1.807, 2.05) is 18.2 Å². The van der Waals surface area contributed by atoms with Crippen molar-refractivity contribution in [2.75, 3.05) is 11.9 Å². The van der Waals surface area contributed by atoms with Crippen LogP contribution in [0.25, 0.3) is 0 Å².